The monoisotopic (exact) mass is 228 g/mol. The van der Waals surface area contributed by atoms with Crippen LogP contribution in [0.2, 0.25) is 0 Å². The van der Waals surface area contributed by atoms with E-state index in [2.05, 4.69) is 16.4 Å². The van der Waals surface area contributed by atoms with Crippen molar-refractivity contribution in [2.24, 2.45) is 0 Å². The maximum absolute atomic E-state index is 5.65. The van der Waals surface area contributed by atoms with Gasteiger partial charge < -0.3 is 10.1 Å². The SMILES string of the molecule is CNc1ccc(OCCc2cccnc2)cc1. The van der Waals surface area contributed by atoms with Gasteiger partial charge in [0.1, 0.15) is 5.75 Å². The summed E-state index contributed by atoms with van der Waals surface area (Å²) in [4.78, 5) is 4.07. The molecule has 0 saturated carbocycles. The first-order valence-corrected chi connectivity index (χ1v) is 5.68. The van der Waals surface area contributed by atoms with E-state index in [-0.39, 0.29) is 0 Å². The fraction of sp³-hybridized carbons (Fsp3) is 0.214. The summed E-state index contributed by atoms with van der Waals surface area (Å²) in [5, 5.41) is 3.07. The number of benzene rings is 1. The van der Waals surface area contributed by atoms with Crippen LogP contribution in [0.5, 0.6) is 5.75 Å². The van der Waals surface area contributed by atoms with E-state index in [4.69, 9.17) is 4.74 Å². The minimum Gasteiger partial charge on any atom is -0.493 e. The fourth-order valence-corrected chi connectivity index (χ4v) is 1.55. The molecular formula is C14H16N2O. The summed E-state index contributed by atoms with van der Waals surface area (Å²) in [5.41, 5.74) is 2.28. The highest BCUT2D eigenvalue weighted by Crippen LogP contribution is 2.15. The van der Waals surface area contributed by atoms with E-state index in [1.54, 1.807) is 6.20 Å². The first-order valence-electron chi connectivity index (χ1n) is 5.68. The van der Waals surface area contributed by atoms with Crippen LogP contribution < -0.4 is 10.1 Å². The highest BCUT2D eigenvalue weighted by atomic mass is 16.5. The zero-order valence-electron chi connectivity index (χ0n) is 9.89. The van der Waals surface area contributed by atoms with E-state index in [0.717, 1.165) is 17.9 Å². The topological polar surface area (TPSA) is 34.1 Å². The molecule has 0 saturated heterocycles. The van der Waals surface area contributed by atoms with Gasteiger partial charge in [0.05, 0.1) is 6.61 Å². The Morgan fingerprint density at radius 3 is 2.65 bits per heavy atom. The second-order valence-corrected chi connectivity index (χ2v) is 3.73. The summed E-state index contributed by atoms with van der Waals surface area (Å²) in [6.45, 7) is 0.671. The van der Waals surface area contributed by atoms with Gasteiger partial charge in [0, 0.05) is 31.5 Å². The van der Waals surface area contributed by atoms with Crippen LogP contribution in [-0.2, 0) is 6.42 Å². The number of hydrogen-bond donors (Lipinski definition) is 1. The van der Waals surface area contributed by atoms with Crippen molar-refractivity contribution >= 4 is 5.69 Å². The molecule has 0 spiro atoms. The highest BCUT2D eigenvalue weighted by molar-refractivity contribution is 5.45. The summed E-state index contributed by atoms with van der Waals surface area (Å²) >= 11 is 0. The number of hydrogen-bond acceptors (Lipinski definition) is 3. The molecule has 88 valence electrons. The number of nitrogens with one attached hydrogen (secondary N) is 1. The Hall–Kier alpha value is -2.03. The molecule has 0 radical (unpaired) electrons. The van der Waals surface area contributed by atoms with Crippen LogP contribution >= 0.6 is 0 Å². The molecule has 0 bridgehead atoms. The summed E-state index contributed by atoms with van der Waals surface area (Å²) in [7, 11) is 1.90. The minimum atomic E-state index is 0.671. The molecule has 2 rings (SSSR count). The summed E-state index contributed by atoms with van der Waals surface area (Å²) in [6, 6.07) is 11.9. The second-order valence-electron chi connectivity index (χ2n) is 3.73. The molecule has 3 nitrogen and oxygen atoms in total. The van der Waals surface area contributed by atoms with E-state index < -0.39 is 0 Å². The molecule has 1 aromatic carbocycles. The first-order chi connectivity index (χ1) is 8.38. The lowest BCUT2D eigenvalue weighted by Crippen LogP contribution is -2.01. The number of ether oxygens (including phenoxy) is 1. The van der Waals surface area contributed by atoms with Crippen molar-refractivity contribution in [3.63, 3.8) is 0 Å². The predicted molar refractivity (Wildman–Crippen MR) is 69.4 cm³/mol. The van der Waals surface area contributed by atoms with Crippen LogP contribution in [0.25, 0.3) is 0 Å². The van der Waals surface area contributed by atoms with E-state index >= 15 is 0 Å². The van der Waals surface area contributed by atoms with Crippen LogP contribution in [0.3, 0.4) is 0 Å². The predicted octanol–water partition coefficient (Wildman–Crippen LogP) is 2.74. The molecule has 1 N–H and O–H groups in total. The van der Waals surface area contributed by atoms with Gasteiger partial charge in [-0.1, -0.05) is 6.07 Å². The molecule has 0 fully saturated rings. The maximum atomic E-state index is 5.65. The van der Waals surface area contributed by atoms with Crippen molar-refractivity contribution in [3.05, 3.63) is 54.4 Å². The Bertz CT molecular complexity index is 440. The van der Waals surface area contributed by atoms with Crippen LogP contribution in [0.1, 0.15) is 5.56 Å². The second kappa shape index (κ2) is 5.89. The average molecular weight is 228 g/mol. The first kappa shape index (κ1) is 11.5. The van der Waals surface area contributed by atoms with Crippen molar-refractivity contribution in [3.8, 4) is 5.75 Å². The number of rotatable bonds is 5. The van der Waals surface area contributed by atoms with Crippen LogP contribution in [0.4, 0.5) is 5.69 Å². The normalized spacial score (nSPS) is 9.94. The van der Waals surface area contributed by atoms with Crippen molar-refractivity contribution in [1.29, 1.82) is 0 Å². The van der Waals surface area contributed by atoms with Crippen molar-refractivity contribution in [2.45, 2.75) is 6.42 Å². The molecule has 3 heteroatoms. The molecular weight excluding hydrogens is 212 g/mol. The van der Waals surface area contributed by atoms with Gasteiger partial charge in [0.25, 0.3) is 0 Å². The van der Waals surface area contributed by atoms with Gasteiger partial charge in [-0.25, -0.2) is 0 Å². The summed E-state index contributed by atoms with van der Waals surface area (Å²) < 4.78 is 5.65. The Balaban J connectivity index is 1.82. The lowest BCUT2D eigenvalue weighted by atomic mass is 10.2. The number of anilines is 1. The molecule has 0 unspecified atom stereocenters. The molecule has 0 atom stereocenters. The third kappa shape index (κ3) is 3.48. The van der Waals surface area contributed by atoms with Crippen molar-refractivity contribution in [2.75, 3.05) is 19.0 Å². The van der Waals surface area contributed by atoms with E-state index in [9.17, 15) is 0 Å². The lowest BCUT2D eigenvalue weighted by Gasteiger charge is -2.07. The third-order valence-corrected chi connectivity index (χ3v) is 2.53. The minimum absolute atomic E-state index is 0.671. The number of nitrogens with zero attached hydrogens (tertiary/aromatic N) is 1. The Morgan fingerprint density at radius 1 is 1.18 bits per heavy atom. The molecule has 17 heavy (non-hydrogen) atoms. The Kier molecular flexibility index (Phi) is 3.97. The van der Waals surface area contributed by atoms with Gasteiger partial charge in [0.15, 0.2) is 0 Å². The van der Waals surface area contributed by atoms with Gasteiger partial charge in [-0.3, -0.25) is 4.98 Å². The van der Waals surface area contributed by atoms with Gasteiger partial charge in [-0.05, 0) is 35.9 Å². The van der Waals surface area contributed by atoms with Crippen molar-refractivity contribution < 1.29 is 4.74 Å². The van der Waals surface area contributed by atoms with Crippen molar-refractivity contribution in [1.82, 2.24) is 4.98 Å². The largest absolute Gasteiger partial charge is 0.493 e. The van der Waals surface area contributed by atoms with Crippen LogP contribution in [0, 0.1) is 0 Å². The van der Waals surface area contributed by atoms with Crippen LogP contribution in [0.15, 0.2) is 48.8 Å². The Morgan fingerprint density at radius 2 is 2.00 bits per heavy atom. The van der Waals surface area contributed by atoms with Gasteiger partial charge >= 0.3 is 0 Å². The molecule has 1 heterocycles. The van der Waals surface area contributed by atoms with Gasteiger partial charge in [-0.2, -0.15) is 0 Å². The fourth-order valence-electron chi connectivity index (χ4n) is 1.55. The lowest BCUT2D eigenvalue weighted by molar-refractivity contribution is 0.322. The Labute approximate surface area is 101 Å². The van der Waals surface area contributed by atoms with E-state index in [1.807, 2.05) is 43.6 Å². The maximum Gasteiger partial charge on any atom is 0.119 e. The zero-order chi connectivity index (χ0) is 11.9. The average Bonchev–Trinajstić information content (AvgIpc) is 2.41. The number of pyridine rings is 1. The van der Waals surface area contributed by atoms with Gasteiger partial charge in [-0.15, -0.1) is 0 Å². The van der Waals surface area contributed by atoms with E-state index in [0.29, 0.717) is 6.61 Å². The summed E-state index contributed by atoms with van der Waals surface area (Å²) in [5.74, 6) is 0.896. The standard InChI is InChI=1S/C14H16N2O/c1-15-13-4-6-14(7-5-13)17-10-8-12-3-2-9-16-11-12/h2-7,9,11,15H,8,10H2,1H3. The van der Waals surface area contributed by atoms with E-state index in [1.165, 1.54) is 5.56 Å². The highest BCUT2D eigenvalue weighted by Gasteiger charge is 1.95. The molecule has 2 aromatic rings. The zero-order valence-corrected chi connectivity index (χ0v) is 9.89. The molecule has 0 amide bonds. The smallest absolute Gasteiger partial charge is 0.119 e. The quantitative estimate of drug-likeness (QED) is 0.854. The molecule has 1 aromatic heterocycles. The molecule has 0 aliphatic rings. The van der Waals surface area contributed by atoms with Crippen LogP contribution in [-0.4, -0.2) is 18.6 Å². The third-order valence-electron chi connectivity index (χ3n) is 2.53. The molecule has 0 aliphatic heterocycles. The number of aromatic nitrogens is 1. The summed E-state index contributed by atoms with van der Waals surface area (Å²) in [6.07, 6.45) is 4.52. The molecule has 0 aliphatic carbocycles. The van der Waals surface area contributed by atoms with Gasteiger partial charge in [0.2, 0.25) is 0 Å².